The van der Waals surface area contributed by atoms with E-state index in [1.165, 1.54) is 11.1 Å². The van der Waals surface area contributed by atoms with E-state index >= 15 is 0 Å². The summed E-state index contributed by atoms with van der Waals surface area (Å²) in [6.07, 6.45) is 8.51. The zero-order valence-corrected chi connectivity index (χ0v) is 21.3. The van der Waals surface area contributed by atoms with Crippen molar-refractivity contribution >= 4 is 50.3 Å². The number of para-hydroxylation sites is 2. The van der Waals surface area contributed by atoms with Crippen molar-refractivity contribution in [3.63, 3.8) is 0 Å². The first-order valence-corrected chi connectivity index (χ1v) is 12.5. The third kappa shape index (κ3) is 3.83. The molecule has 37 heavy (non-hydrogen) atoms. The molecule has 0 aliphatic heterocycles. The molecule has 0 unspecified atom stereocenters. The minimum Gasteiger partial charge on any atom is -0.293 e. The average Bonchev–Trinajstić information content (AvgIpc) is 2.94. The Balaban J connectivity index is 1.70. The van der Waals surface area contributed by atoms with E-state index in [4.69, 9.17) is 9.97 Å². The molecule has 0 bridgehead atoms. The van der Waals surface area contributed by atoms with Gasteiger partial charge in [0.05, 0.1) is 17.6 Å². The van der Waals surface area contributed by atoms with Gasteiger partial charge in [0.15, 0.2) is 5.82 Å². The van der Waals surface area contributed by atoms with Gasteiger partial charge in [-0.1, -0.05) is 64.1 Å². The first kappa shape index (κ1) is 22.9. The molecule has 7 nitrogen and oxygen atoms in total. The molecule has 0 N–H and O–H groups in total. The first-order chi connectivity index (χ1) is 18.0. The smallest absolute Gasteiger partial charge is 0.156 e. The second-order valence-corrected chi connectivity index (χ2v) is 9.69. The quantitative estimate of drug-likeness (QED) is 0.238. The van der Waals surface area contributed by atoms with E-state index in [0.717, 1.165) is 11.4 Å². The van der Waals surface area contributed by atoms with Gasteiger partial charge in [0.25, 0.3) is 0 Å². The summed E-state index contributed by atoms with van der Waals surface area (Å²) >= 11 is 0. The highest BCUT2D eigenvalue weighted by atomic mass is 15.2. The molecule has 6 aromatic rings. The number of nitrogens with zero attached hydrogens (tertiary/aromatic N) is 7. The zero-order valence-electron chi connectivity index (χ0n) is 21.3. The number of benzene rings is 3. The van der Waals surface area contributed by atoms with Crippen molar-refractivity contribution in [2.75, 3.05) is 4.90 Å². The minimum absolute atomic E-state index is 0.323. The highest BCUT2D eigenvalue weighted by molar-refractivity contribution is 6.17. The lowest BCUT2D eigenvalue weighted by atomic mass is 9.97. The van der Waals surface area contributed by atoms with Crippen molar-refractivity contribution < 1.29 is 0 Å². The monoisotopic (exact) mass is 485 g/mol. The molecular weight excluding hydrogens is 458 g/mol. The van der Waals surface area contributed by atoms with Gasteiger partial charge in [0.2, 0.25) is 0 Å². The fourth-order valence-corrected chi connectivity index (χ4v) is 4.93. The van der Waals surface area contributed by atoms with Crippen LogP contribution in [0.25, 0.3) is 33.1 Å². The Hall–Kier alpha value is -4.52. The molecule has 0 atom stereocenters. The van der Waals surface area contributed by atoms with Crippen LogP contribution in [0.3, 0.4) is 0 Å². The van der Waals surface area contributed by atoms with Gasteiger partial charge in [0, 0.05) is 24.8 Å². The van der Waals surface area contributed by atoms with Crippen LogP contribution in [0.2, 0.25) is 0 Å². The number of aromatic nitrogens is 6. The number of anilines is 3. The van der Waals surface area contributed by atoms with Crippen molar-refractivity contribution in [3.8, 4) is 0 Å². The van der Waals surface area contributed by atoms with Gasteiger partial charge in [-0.15, -0.1) is 0 Å². The molecule has 3 aromatic carbocycles. The Bertz CT molecular complexity index is 1670. The second kappa shape index (κ2) is 9.17. The standard InChI is InChI=1S/C30H27N7/c1-18(2)20-9-5-7-11-22(20)37(23-12-8-6-10-21(23)19(3)4)24-17-35-29-27-25(31-13-14-33-27)26-28(30(29)36-24)34-16-15-32-26/h5-19H,1-4H3. The minimum atomic E-state index is 0.323. The summed E-state index contributed by atoms with van der Waals surface area (Å²) in [5.41, 5.74) is 8.61. The molecule has 0 aliphatic carbocycles. The summed E-state index contributed by atoms with van der Waals surface area (Å²) in [6.45, 7) is 8.85. The van der Waals surface area contributed by atoms with E-state index in [1.54, 1.807) is 24.8 Å². The molecular formula is C30H27N7. The number of hydrogen-bond donors (Lipinski definition) is 0. The van der Waals surface area contributed by atoms with Crippen LogP contribution in [-0.2, 0) is 0 Å². The second-order valence-electron chi connectivity index (χ2n) is 9.69. The Morgan fingerprint density at radius 2 is 0.919 bits per heavy atom. The van der Waals surface area contributed by atoms with Crippen LogP contribution in [0.4, 0.5) is 17.2 Å². The van der Waals surface area contributed by atoms with Crippen molar-refractivity contribution in [2.45, 2.75) is 39.5 Å². The lowest BCUT2D eigenvalue weighted by molar-refractivity contribution is 0.852. The largest absolute Gasteiger partial charge is 0.293 e. The Morgan fingerprint density at radius 1 is 0.514 bits per heavy atom. The molecule has 0 aliphatic rings. The SMILES string of the molecule is CC(C)c1ccccc1N(c1cnc2c3nccnc3c3nccnc3c2n1)c1ccccc1C(C)C. The molecule has 7 heteroatoms. The van der Waals surface area contributed by atoms with Crippen molar-refractivity contribution in [1.82, 2.24) is 29.9 Å². The lowest BCUT2D eigenvalue weighted by Gasteiger charge is -2.30. The summed E-state index contributed by atoms with van der Waals surface area (Å²) in [5, 5.41) is 0. The fraction of sp³-hybridized carbons (Fsp3) is 0.200. The molecule has 182 valence electrons. The van der Waals surface area contributed by atoms with Gasteiger partial charge < -0.3 is 0 Å². The molecule has 0 radical (unpaired) electrons. The number of rotatable bonds is 5. The van der Waals surface area contributed by atoms with Crippen LogP contribution in [-0.4, -0.2) is 29.9 Å². The summed E-state index contributed by atoms with van der Waals surface area (Å²) in [6, 6.07) is 17.0. The topological polar surface area (TPSA) is 80.6 Å². The van der Waals surface area contributed by atoms with E-state index in [9.17, 15) is 0 Å². The molecule has 0 amide bonds. The summed E-state index contributed by atoms with van der Waals surface area (Å²) in [5.74, 6) is 1.36. The Morgan fingerprint density at radius 3 is 1.38 bits per heavy atom. The summed E-state index contributed by atoms with van der Waals surface area (Å²) < 4.78 is 0. The average molecular weight is 486 g/mol. The normalized spacial score (nSPS) is 11.7. The maximum absolute atomic E-state index is 5.20. The molecule has 3 aromatic heterocycles. The number of hydrogen-bond acceptors (Lipinski definition) is 7. The van der Waals surface area contributed by atoms with Gasteiger partial charge in [-0.25, -0.2) is 9.97 Å². The van der Waals surface area contributed by atoms with Gasteiger partial charge in [-0.2, -0.15) is 0 Å². The molecule has 0 spiro atoms. The molecule has 0 saturated heterocycles. The maximum Gasteiger partial charge on any atom is 0.156 e. The van der Waals surface area contributed by atoms with Gasteiger partial charge in [-0.3, -0.25) is 24.8 Å². The first-order valence-electron chi connectivity index (χ1n) is 12.5. The Labute approximate surface area is 215 Å². The summed E-state index contributed by atoms with van der Waals surface area (Å²) in [7, 11) is 0. The van der Waals surface area contributed by atoms with E-state index < -0.39 is 0 Å². The fourth-order valence-electron chi connectivity index (χ4n) is 4.93. The van der Waals surface area contributed by atoms with Crippen LogP contribution in [0.15, 0.2) is 79.5 Å². The third-order valence-electron chi connectivity index (χ3n) is 6.66. The van der Waals surface area contributed by atoms with Crippen LogP contribution >= 0.6 is 0 Å². The predicted molar refractivity (Wildman–Crippen MR) is 149 cm³/mol. The maximum atomic E-state index is 5.20. The van der Waals surface area contributed by atoms with Crippen molar-refractivity contribution in [3.05, 3.63) is 90.6 Å². The molecule has 6 rings (SSSR count). The van der Waals surface area contributed by atoms with Gasteiger partial charge in [-0.05, 0) is 35.1 Å². The van der Waals surface area contributed by atoms with Crippen LogP contribution in [0.1, 0.15) is 50.7 Å². The highest BCUT2D eigenvalue weighted by Gasteiger charge is 2.23. The van der Waals surface area contributed by atoms with Crippen LogP contribution < -0.4 is 4.90 Å². The lowest BCUT2D eigenvalue weighted by Crippen LogP contribution is -2.16. The summed E-state index contributed by atoms with van der Waals surface area (Å²) in [4.78, 5) is 30.7. The molecule has 3 heterocycles. The third-order valence-corrected chi connectivity index (χ3v) is 6.66. The zero-order chi connectivity index (χ0) is 25.5. The van der Waals surface area contributed by atoms with E-state index in [2.05, 4.69) is 101 Å². The van der Waals surface area contributed by atoms with Gasteiger partial charge in [0.1, 0.15) is 33.1 Å². The van der Waals surface area contributed by atoms with E-state index in [1.807, 2.05) is 6.20 Å². The molecule has 0 saturated carbocycles. The number of fused-ring (bicyclic) bond motifs is 6. The Kier molecular flexibility index (Phi) is 5.68. The van der Waals surface area contributed by atoms with Crippen molar-refractivity contribution in [2.24, 2.45) is 0 Å². The van der Waals surface area contributed by atoms with Gasteiger partial charge >= 0.3 is 0 Å². The predicted octanol–water partition coefficient (Wildman–Crippen LogP) is 7.23. The molecule has 0 fully saturated rings. The highest BCUT2D eigenvalue weighted by Crippen LogP contribution is 2.42. The van der Waals surface area contributed by atoms with E-state index in [-0.39, 0.29) is 0 Å². The van der Waals surface area contributed by atoms with E-state index in [0.29, 0.717) is 50.8 Å². The van der Waals surface area contributed by atoms with Crippen LogP contribution in [0.5, 0.6) is 0 Å². The van der Waals surface area contributed by atoms with Crippen LogP contribution in [0, 0.1) is 0 Å². The van der Waals surface area contributed by atoms with Crippen molar-refractivity contribution in [1.29, 1.82) is 0 Å².